The third kappa shape index (κ3) is 5.37. The summed E-state index contributed by atoms with van der Waals surface area (Å²) in [6.07, 6.45) is 4.46. The van der Waals surface area contributed by atoms with E-state index in [-0.39, 0.29) is 23.3 Å². The van der Waals surface area contributed by atoms with Crippen LogP contribution in [0.25, 0.3) is 6.08 Å². The highest BCUT2D eigenvalue weighted by atomic mass is 32.2. The Labute approximate surface area is 185 Å². The van der Waals surface area contributed by atoms with E-state index in [1.165, 1.54) is 16.8 Å². The minimum absolute atomic E-state index is 0.0645. The van der Waals surface area contributed by atoms with E-state index < -0.39 is 10.0 Å². The van der Waals surface area contributed by atoms with Crippen LogP contribution in [0.2, 0.25) is 0 Å². The molecule has 1 heterocycles. The summed E-state index contributed by atoms with van der Waals surface area (Å²) >= 11 is 0. The van der Waals surface area contributed by atoms with Crippen molar-refractivity contribution in [2.75, 3.05) is 10.8 Å². The zero-order valence-electron chi connectivity index (χ0n) is 18.7. The van der Waals surface area contributed by atoms with Crippen LogP contribution in [0.15, 0.2) is 52.9 Å². The summed E-state index contributed by atoms with van der Waals surface area (Å²) < 4.78 is 34.8. The number of benzene rings is 2. The largest absolute Gasteiger partial charge is 0.486 e. The number of rotatable bonds is 8. The van der Waals surface area contributed by atoms with E-state index in [2.05, 4.69) is 19.9 Å². The van der Waals surface area contributed by atoms with Gasteiger partial charge in [-0.2, -0.15) is 0 Å². The maximum Gasteiger partial charge on any atom is 0.264 e. The van der Waals surface area contributed by atoms with Crippen LogP contribution in [0, 0.1) is 6.92 Å². The number of aryl methyl sites for hydroxylation is 1. The summed E-state index contributed by atoms with van der Waals surface area (Å²) in [5.41, 5.74) is 3.67. The normalized spacial score (nSPS) is 15.7. The van der Waals surface area contributed by atoms with Crippen LogP contribution in [0.3, 0.4) is 0 Å². The second kappa shape index (κ2) is 9.69. The lowest BCUT2D eigenvalue weighted by molar-refractivity contribution is -0.117. The number of fused-ring (bicyclic) bond motifs is 1. The van der Waals surface area contributed by atoms with Crippen LogP contribution in [0.1, 0.15) is 57.6 Å². The van der Waals surface area contributed by atoms with Gasteiger partial charge in [-0.25, -0.2) is 8.42 Å². The summed E-state index contributed by atoms with van der Waals surface area (Å²) in [4.78, 5) is 11.7. The summed E-state index contributed by atoms with van der Waals surface area (Å²) in [6, 6.07) is 12.6. The molecular formula is C25H31NO4S. The van der Waals surface area contributed by atoms with Gasteiger partial charge >= 0.3 is 0 Å². The number of ketones is 1. The third-order valence-electron chi connectivity index (χ3n) is 5.59. The minimum atomic E-state index is -3.78. The Balaban J connectivity index is 2.07. The molecule has 0 saturated carbocycles. The van der Waals surface area contributed by atoms with E-state index in [1.54, 1.807) is 18.2 Å². The first-order chi connectivity index (χ1) is 14.7. The molecule has 166 valence electrons. The van der Waals surface area contributed by atoms with Crippen LogP contribution >= 0.6 is 0 Å². The fraction of sp³-hybridized carbons (Fsp3) is 0.400. The van der Waals surface area contributed by atoms with Gasteiger partial charge in [0.2, 0.25) is 0 Å². The molecule has 31 heavy (non-hydrogen) atoms. The molecule has 3 rings (SSSR count). The number of hydrogen-bond acceptors (Lipinski definition) is 4. The number of Topliss-reactive ketones (excluding diaryl/α,β-unsaturated/α-hetero) is 1. The van der Waals surface area contributed by atoms with E-state index >= 15 is 0 Å². The Morgan fingerprint density at radius 1 is 1.16 bits per heavy atom. The predicted molar refractivity (Wildman–Crippen MR) is 125 cm³/mol. The summed E-state index contributed by atoms with van der Waals surface area (Å²) in [6.45, 7) is 7.83. The first kappa shape index (κ1) is 23.1. The number of allylic oxidation sites excluding steroid dienone is 1. The number of nitrogens with zero attached hydrogens (tertiary/aromatic N) is 1. The van der Waals surface area contributed by atoms with Crippen molar-refractivity contribution in [1.82, 2.24) is 0 Å². The van der Waals surface area contributed by atoms with Gasteiger partial charge in [-0.3, -0.25) is 4.31 Å². The molecule has 0 fully saturated rings. The first-order valence-corrected chi connectivity index (χ1v) is 12.3. The van der Waals surface area contributed by atoms with E-state index in [1.807, 2.05) is 31.2 Å². The Kier molecular flexibility index (Phi) is 7.21. The highest BCUT2D eigenvalue weighted by molar-refractivity contribution is 7.92. The van der Waals surface area contributed by atoms with Gasteiger partial charge in [0, 0.05) is 6.42 Å². The van der Waals surface area contributed by atoms with E-state index in [9.17, 15) is 13.2 Å². The van der Waals surface area contributed by atoms with Crippen LogP contribution in [0.5, 0.6) is 5.75 Å². The fourth-order valence-corrected chi connectivity index (χ4v) is 5.36. The van der Waals surface area contributed by atoms with Crippen LogP contribution in [-0.4, -0.2) is 26.8 Å². The number of carbonyl (C=O) groups is 1. The van der Waals surface area contributed by atoms with Crippen LogP contribution in [-0.2, 0) is 14.8 Å². The average molecular weight is 442 g/mol. The van der Waals surface area contributed by atoms with Crippen molar-refractivity contribution in [2.45, 2.75) is 64.4 Å². The molecule has 0 bridgehead atoms. The predicted octanol–water partition coefficient (Wildman–Crippen LogP) is 5.52. The van der Waals surface area contributed by atoms with Gasteiger partial charge in [-0.1, -0.05) is 43.7 Å². The molecule has 0 radical (unpaired) electrons. The smallest absolute Gasteiger partial charge is 0.264 e. The van der Waals surface area contributed by atoms with Crippen molar-refractivity contribution in [2.24, 2.45) is 0 Å². The lowest BCUT2D eigenvalue weighted by Gasteiger charge is -2.35. The number of hydrogen-bond donors (Lipinski definition) is 0. The Hall–Kier alpha value is -2.60. The van der Waals surface area contributed by atoms with Gasteiger partial charge in [-0.15, -0.1) is 0 Å². The van der Waals surface area contributed by atoms with Crippen LogP contribution < -0.4 is 9.04 Å². The molecule has 0 unspecified atom stereocenters. The summed E-state index contributed by atoms with van der Waals surface area (Å²) in [7, 11) is -3.78. The van der Waals surface area contributed by atoms with Crippen molar-refractivity contribution in [3.63, 3.8) is 0 Å². The molecule has 1 atom stereocenters. The number of carbonyl (C=O) groups excluding carboxylic acids is 1. The zero-order valence-corrected chi connectivity index (χ0v) is 19.5. The molecule has 0 aromatic heterocycles. The number of anilines is 1. The SMILES string of the molecule is CCC(=Cc1ccc2c(c1)N(S(=O)(=O)c1cccc(C)c1)C[C@H](CCC(C)=O)O2)CC. The average Bonchev–Trinajstić information content (AvgIpc) is 2.75. The highest BCUT2D eigenvalue weighted by Gasteiger charge is 2.34. The standard InChI is InChI=1S/C25H31NO4S/c1-5-20(6-2)15-21-11-13-25-24(16-21)26(17-22(30-25)12-10-19(4)27)31(28,29)23-9-7-8-18(3)14-23/h7-9,11,13-16,22H,5-6,10,12,17H2,1-4H3/t22-/m0/s1. The maximum absolute atomic E-state index is 13.6. The molecule has 5 nitrogen and oxygen atoms in total. The van der Waals surface area contributed by atoms with Crippen LogP contribution in [0.4, 0.5) is 5.69 Å². The molecule has 2 aromatic rings. The van der Waals surface area contributed by atoms with E-state index in [0.29, 0.717) is 24.3 Å². The maximum atomic E-state index is 13.6. The van der Waals surface area contributed by atoms with Crippen molar-refractivity contribution >= 4 is 27.6 Å². The molecule has 0 N–H and O–H groups in total. The first-order valence-electron chi connectivity index (χ1n) is 10.8. The molecule has 6 heteroatoms. The lowest BCUT2D eigenvalue weighted by Crippen LogP contribution is -2.43. The Morgan fingerprint density at radius 2 is 1.90 bits per heavy atom. The van der Waals surface area contributed by atoms with Gasteiger partial charge in [0.1, 0.15) is 17.6 Å². The molecule has 0 aliphatic carbocycles. The zero-order chi connectivity index (χ0) is 22.6. The third-order valence-corrected chi connectivity index (χ3v) is 7.37. The summed E-state index contributed by atoms with van der Waals surface area (Å²) in [5.74, 6) is 0.595. The Bertz CT molecular complexity index is 1080. The molecule has 0 amide bonds. The molecule has 0 spiro atoms. The number of ether oxygens (including phenoxy) is 1. The van der Waals surface area contributed by atoms with E-state index in [0.717, 1.165) is 24.0 Å². The van der Waals surface area contributed by atoms with Crippen molar-refractivity contribution < 1.29 is 17.9 Å². The minimum Gasteiger partial charge on any atom is -0.486 e. The second-order valence-corrected chi connectivity index (χ2v) is 9.93. The quantitative estimate of drug-likeness (QED) is 0.541. The topological polar surface area (TPSA) is 63.7 Å². The monoisotopic (exact) mass is 441 g/mol. The highest BCUT2D eigenvalue weighted by Crippen LogP contribution is 2.39. The summed E-state index contributed by atoms with van der Waals surface area (Å²) in [5, 5.41) is 0. The van der Waals surface area contributed by atoms with Crippen molar-refractivity contribution in [1.29, 1.82) is 0 Å². The van der Waals surface area contributed by atoms with Crippen molar-refractivity contribution in [3.8, 4) is 5.75 Å². The second-order valence-electron chi connectivity index (χ2n) is 8.07. The molecule has 1 aliphatic rings. The molecule has 0 saturated heterocycles. The van der Waals surface area contributed by atoms with Gasteiger partial charge < -0.3 is 9.53 Å². The molecule has 2 aromatic carbocycles. The van der Waals surface area contributed by atoms with Gasteiger partial charge in [0.15, 0.2) is 0 Å². The fourth-order valence-electron chi connectivity index (χ4n) is 3.75. The van der Waals surface area contributed by atoms with Gasteiger partial charge in [0.25, 0.3) is 10.0 Å². The molecule has 1 aliphatic heterocycles. The van der Waals surface area contributed by atoms with Gasteiger partial charge in [-0.05, 0) is 68.5 Å². The molecular weight excluding hydrogens is 410 g/mol. The lowest BCUT2D eigenvalue weighted by atomic mass is 10.0. The number of sulfonamides is 1. The van der Waals surface area contributed by atoms with Gasteiger partial charge in [0.05, 0.1) is 17.1 Å². The van der Waals surface area contributed by atoms with Crippen molar-refractivity contribution in [3.05, 3.63) is 59.2 Å². The van der Waals surface area contributed by atoms with E-state index in [4.69, 9.17) is 4.74 Å². The Morgan fingerprint density at radius 3 is 2.55 bits per heavy atom.